The summed E-state index contributed by atoms with van der Waals surface area (Å²) in [6.07, 6.45) is 1.71. The fourth-order valence-electron chi connectivity index (χ4n) is 3.78. The van der Waals surface area contributed by atoms with Crippen LogP contribution in [-0.4, -0.2) is 126 Å². The number of ether oxygens (including phenoxy) is 2. The average Bonchev–Trinajstić information content (AvgIpc) is 3.13. The molecule has 3 aliphatic heterocycles. The van der Waals surface area contributed by atoms with Gasteiger partial charge in [-0.3, -0.25) is 4.90 Å². The lowest BCUT2D eigenvalue weighted by Crippen LogP contribution is -2.50. The van der Waals surface area contributed by atoms with E-state index in [2.05, 4.69) is 4.90 Å². The monoisotopic (exact) mass is 426 g/mol. The Kier molecular flexibility index (Phi) is 7.12. The van der Waals surface area contributed by atoms with Gasteiger partial charge in [0, 0.05) is 58.4 Å². The minimum atomic E-state index is -3.57. The van der Waals surface area contributed by atoms with Crippen LogP contribution in [-0.2, 0) is 29.7 Å². The largest absolute Gasteiger partial charge is 0.379 e. The van der Waals surface area contributed by atoms with Crippen molar-refractivity contribution in [2.45, 2.75) is 12.5 Å². The molecule has 0 aromatic rings. The minimum absolute atomic E-state index is 0.204. The van der Waals surface area contributed by atoms with Gasteiger partial charge in [0.15, 0.2) is 0 Å². The summed E-state index contributed by atoms with van der Waals surface area (Å²) in [5.41, 5.74) is 0. The van der Waals surface area contributed by atoms with Crippen LogP contribution in [0.3, 0.4) is 0 Å². The molecule has 0 amide bonds. The first-order chi connectivity index (χ1) is 12.8. The van der Waals surface area contributed by atoms with E-state index in [1.54, 1.807) is 0 Å². The maximum Gasteiger partial charge on any atom is 0.282 e. The highest BCUT2D eigenvalue weighted by molar-refractivity contribution is 7.88. The van der Waals surface area contributed by atoms with Crippen molar-refractivity contribution in [2.24, 2.45) is 0 Å². The molecule has 0 aromatic heterocycles. The molecule has 0 spiro atoms. The van der Waals surface area contributed by atoms with E-state index in [-0.39, 0.29) is 12.6 Å². The summed E-state index contributed by atoms with van der Waals surface area (Å²) >= 11 is 0. The Morgan fingerprint density at radius 2 is 1.48 bits per heavy atom. The Hall–Kier alpha value is -0.340. The van der Waals surface area contributed by atoms with Gasteiger partial charge in [-0.1, -0.05) is 0 Å². The molecule has 0 aromatic carbocycles. The maximum absolute atomic E-state index is 12.8. The van der Waals surface area contributed by atoms with Crippen LogP contribution in [0.25, 0.3) is 0 Å². The molecular weight excluding hydrogens is 396 g/mol. The second kappa shape index (κ2) is 8.99. The molecule has 3 fully saturated rings. The highest BCUT2D eigenvalue weighted by Crippen LogP contribution is 2.23. The topological polar surface area (TPSA) is 99.7 Å². The van der Waals surface area contributed by atoms with Gasteiger partial charge in [0.1, 0.15) is 0 Å². The predicted molar refractivity (Wildman–Crippen MR) is 100 cm³/mol. The van der Waals surface area contributed by atoms with Crippen molar-refractivity contribution < 1.29 is 26.3 Å². The SMILES string of the molecule is CS(=O)(=O)N(CCN1CCOCC1)C1CCN(S(=O)(=O)N2CCOCC2)C1. The second-order valence-electron chi connectivity index (χ2n) is 7.15. The van der Waals surface area contributed by atoms with Gasteiger partial charge in [-0.05, 0) is 6.42 Å². The zero-order valence-corrected chi connectivity index (χ0v) is 17.5. The van der Waals surface area contributed by atoms with Crippen molar-refractivity contribution in [3.8, 4) is 0 Å². The van der Waals surface area contributed by atoms with Gasteiger partial charge in [-0.2, -0.15) is 21.3 Å². The molecule has 158 valence electrons. The summed E-state index contributed by atoms with van der Waals surface area (Å²) in [5.74, 6) is 0. The Balaban J connectivity index is 1.62. The average molecular weight is 427 g/mol. The molecule has 3 aliphatic rings. The number of hydrogen-bond donors (Lipinski definition) is 0. The summed E-state index contributed by atoms with van der Waals surface area (Å²) in [7, 11) is -6.99. The summed E-state index contributed by atoms with van der Waals surface area (Å²) in [5, 5.41) is 0. The van der Waals surface area contributed by atoms with Gasteiger partial charge >= 0.3 is 0 Å². The smallest absolute Gasteiger partial charge is 0.282 e. The van der Waals surface area contributed by atoms with Gasteiger partial charge in [0.25, 0.3) is 10.2 Å². The van der Waals surface area contributed by atoms with E-state index in [4.69, 9.17) is 9.47 Å². The minimum Gasteiger partial charge on any atom is -0.379 e. The number of sulfonamides is 1. The van der Waals surface area contributed by atoms with Crippen molar-refractivity contribution in [1.82, 2.24) is 17.8 Å². The second-order valence-corrected chi connectivity index (χ2v) is 11.0. The molecular formula is C15H30N4O6S2. The molecule has 0 aliphatic carbocycles. The number of hydrogen-bond acceptors (Lipinski definition) is 7. The maximum atomic E-state index is 12.8. The molecule has 27 heavy (non-hydrogen) atoms. The standard InChI is InChI=1S/C15H30N4O6S2/c1-26(20,21)19(5-4-16-6-10-24-11-7-16)15-2-3-18(14-15)27(22,23)17-8-12-25-13-9-17/h15H,2-14H2,1H3. The zero-order chi connectivity index (χ0) is 19.5. The van der Waals surface area contributed by atoms with E-state index in [9.17, 15) is 16.8 Å². The molecule has 1 unspecified atom stereocenters. The van der Waals surface area contributed by atoms with Crippen molar-refractivity contribution in [1.29, 1.82) is 0 Å². The summed E-state index contributed by atoms with van der Waals surface area (Å²) in [6, 6.07) is -0.322. The molecule has 0 radical (unpaired) electrons. The molecule has 3 heterocycles. The van der Waals surface area contributed by atoms with Gasteiger partial charge in [0.2, 0.25) is 10.0 Å². The third-order valence-electron chi connectivity index (χ3n) is 5.32. The van der Waals surface area contributed by atoms with Crippen LogP contribution in [0.1, 0.15) is 6.42 Å². The highest BCUT2D eigenvalue weighted by Gasteiger charge is 2.40. The van der Waals surface area contributed by atoms with E-state index in [0.29, 0.717) is 65.6 Å². The van der Waals surface area contributed by atoms with Crippen molar-refractivity contribution in [3.05, 3.63) is 0 Å². The van der Waals surface area contributed by atoms with Crippen molar-refractivity contribution in [3.63, 3.8) is 0 Å². The van der Waals surface area contributed by atoms with Crippen LogP contribution in [0, 0.1) is 0 Å². The molecule has 10 nitrogen and oxygen atoms in total. The van der Waals surface area contributed by atoms with Gasteiger partial charge in [-0.15, -0.1) is 0 Å². The molecule has 3 rings (SSSR count). The van der Waals surface area contributed by atoms with Crippen LogP contribution in [0.15, 0.2) is 0 Å². The van der Waals surface area contributed by atoms with Crippen LogP contribution in [0.2, 0.25) is 0 Å². The quantitative estimate of drug-likeness (QED) is 0.475. The summed E-state index contributed by atoms with van der Waals surface area (Å²) in [6.45, 7) is 5.92. The predicted octanol–water partition coefficient (Wildman–Crippen LogP) is -1.77. The summed E-state index contributed by atoms with van der Waals surface area (Å²) < 4.78 is 65.2. The molecule has 0 saturated carbocycles. The first-order valence-electron chi connectivity index (χ1n) is 9.38. The summed E-state index contributed by atoms with van der Waals surface area (Å²) in [4.78, 5) is 2.18. The zero-order valence-electron chi connectivity index (χ0n) is 15.8. The fourth-order valence-corrected chi connectivity index (χ4v) is 6.54. The van der Waals surface area contributed by atoms with Gasteiger partial charge in [-0.25, -0.2) is 8.42 Å². The van der Waals surface area contributed by atoms with Gasteiger partial charge in [0.05, 0.1) is 32.7 Å². The number of morpholine rings is 2. The lowest BCUT2D eigenvalue weighted by molar-refractivity contribution is 0.0354. The number of nitrogens with zero attached hydrogens (tertiary/aromatic N) is 4. The van der Waals surface area contributed by atoms with Crippen molar-refractivity contribution >= 4 is 20.2 Å². The third-order valence-corrected chi connectivity index (χ3v) is 8.66. The first-order valence-corrected chi connectivity index (χ1v) is 12.6. The van der Waals surface area contributed by atoms with Crippen molar-refractivity contribution in [2.75, 3.05) is 85.0 Å². The van der Waals surface area contributed by atoms with E-state index in [1.807, 2.05) is 0 Å². The fraction of sp³-hybridized carbons (Fsp3) is 1.00. The van der Waals surface area contributed by atoms with Gasteiger partial charge < -0.3 is 9.47 Å². The molecule has 0 N–H and O–H groups in total. The Labute approximate surface area is 162 Å². The molecule has 1 atom stereocenters. The third kappa shape index (κ3) is 5.38. The van der Waals surface area contributed by atoms with Crippen LogP contribution in [0.5, 0.6) is 0 Å². The van der Waals surface area contributed by atoms with Crippen LogP contribution < -0.4 is 0 Å². The molecule has 0 bridgehead atoms. The number of rotatable bonds is 7. The Morgan fingerprint density at radius 3 is 2.07 bits per heavy atom. The van der Waals surface area contributed by atoms with E-state index < -0.39 is 20.2 Å². The Morgan fingerprint density at radius 1 is 0.889 bits per heavy atom. The normalized spacial score (nSPS) is 27.4. The lowest BCUT2D eigenvalue weighted by Gasteiger charge is -2.32. The lowest BCUT2D eigenvalue weighted by atomic mass is 10.2. The van der Waals surface area contributed by atoms with E-state index in [0.717, 1.165) is 13.1 Å². The first kappa shape index (κ1) is 21.4. The highest BCUT2D eigenvalue weighted by atomic mass is 32.2. The van der Waals surface area contributed by atoms with E-state index >= 15 is 0 Å². The molecule has 12 heteroatoms. The van der Waals surface area contributed by atoms with Crippen LogP contribution in [0.4, 0.5) is 0 Å². The van der Waals surface area contributed by atoms with E-state index in [1.165, 1.54) is 19.2 Å². The van der Waals surface area contributed by atoms with Crippen LogP contribution >= 0.6 is 0 Å². The molecule has 3 saturated heterocycles. The Bertz CT molecular complexity index is 689.